The van der Waals surface area contributed by atoms with Gasteiger partial charge in [-0.15, -0.1) is 0 Å². The van der Waals surface area contributed by atoms with E-state index in [1.165, 1.54) is 11.3 Å². The van der Waals surface area contributed by atoms with Gasteiger partial charge < -0.3 is 15.6 Å². The van der Waals surface area contributed by atoms with E-state index in [1.807, 2.05) is 12.3 Å². The Labute approximate surface area is 131 Å². The molecule has 1 amide bonds. The van der Waals surface area contributed by atoms with Gasteiger partial charge in [-0.1, -0.05) is 22.9 Å². The van der Waals surface area contributed by atoms with E-state index in [0.717, 1.165) is 5.69 Å². The Morgan fingerprint density at radius 3 is 2.86 bits per heavy atom. The van der Waals surface area contributed by atoms with Crippen LogP contribution in [0.2, 0.25) is 5.02 Å². The summed E-state index contributed by atoms with van der Waals surface area (Å²) >= 11 is 7.16. The number of nitrogens with zero attached hydrogens (tertiary/aromatic N) is 1. The molecule has 112 valence electrons. The first-order valence-electron chi connectivity index (χ1n) is 6.47. The molecule has 0 saturated carbocycles. The van der Waals surface area contributed by atoms with Crippen LogP contribution in [0.25, 0.3) is 0 Å². The van der Waals surface area contributed by atoms with Crippen LogP contribution in [0.3, 0.4) is 0 Å². The minimum Gasteiger partial charge on any atom is -0.399 e. The molecular weight excluding hydrogens is 310 g/mol. The number of aromatic nitrogens is 1. The van der Waals surface area contributed by atoms with E-state index in [0.29, 0.717) is 35.8 Å². The fraction of sp³-hybridized carbons (Fsp3) is 0.286. The summed E-state index contributed by atoms with van der Waals surface area (Å²) in [5.41, 5.74) is 7.60. The predicted molar refractivity (Wildman–Crippen MR) is 87.0 cm³/mol. The van der Waals surface area contributed by atoms with E-state index in [2.05, 4.69) is 5.32 Å². The summed E-state index contributed by atoms with van der Waals surface area (Å²) in [5, 5.41) is 4.96. The first-order valence-corrected chi connectivity index (χ1v) is 7.73. The number of rotatable bonds is 5. The number of nitrogens with one attached hydrogen (secondary N) is 1. The molecule has 0 aliphatic carbocycles. The summed E-state index contributed by atoms with van der Waals surface area (Å²) in [5.74, 6) is -0.136. The number of nitrogens with two attached hydrogens (primary N) is 1. The number of benzene rings is 1. The fourth-order valence-corrected chi connectivity index (χ4v) is 2.92. The van der Waals surface area contributed by atoms with Gasteiger partial charge in [0.1, 0.15) is 0 Å². The zero-order valence-corrected chi connectivity index (χ0v) is 13.1. The molecule has 0 saturated heterocycles. The molecule has 0 atom stereocenters. The Hall–Kier alpha value is -1.79. The van der Waals surface area contributed by atoms with Crippen LogP contribution in [0.15, 0.2) is 28.4 Å². The molecule has 1 aromatic heterocycles. The van der Waals surface area contributed by atoms with E-state index >= 15 is 0 Å². The van der Waals surface area contributed by atoms with E-state index in [-0.39, 0.29) is 10.8 Å². The smallest absolute Gasteiger partial charge is 0.307 e. The standard InChI is InChI=1S/C14H16ClN3O2S/c1-9-8-21-14(20)18(9)6-2-3-13(19)17-12-5-4-10(16)7-11(12)15/h4-5,7-8H,2-3,6,16H2,1H3,(H,17,19). The van der Waals surface area contributed by atoms with Gasteiger partial charge in [-0.2, -0.15) is 0 Å². The topological polar surface area (TPSA) is 77.1 Å². The summed E-state index contributed by atoms with van der Waals surface area (Å²) in [4.78, 5) is 23.4. The van der Waals surface area contributed by atoms with Crippen LogP contribution in [-0.2, 0) is 11.3 Å². The third-order valence-electron chi connectivity index (χ3n) is 3.03. The largest absolute Gasteiger partial charge is 0.399 e. The van der Waals surface area contributed by atoms with Crippen molar-refractivity contribution in [1.82, 2.24) is 4.57 Å². The molecule has 0 fully saturated rings. The van der Waals surface area contributed by atoms with E-state index in [4.69, 9.17) is 17.3 Å². The van der Waals surface area contributed by atoms with Gasteiger partial charge in [0, 0.05) is 29.7 Å². The molecule has 5 nitrogen and oxygen atoms in total. The molecule has 21 heavy (non-hydrogen) atoms. The number of halogens is 1. The summed E-state index contributed by atoms with van der Waals surface area (Å²) in [6, 6.07) is 4.93. The van der Waals surface area contributed by atoms with Gasteiger partial charge >= 0.3 is 4.87 Å². The Kier molecular flexibility index (Phi) is 5.03. The van der Waals surface area contributed by atoms with Crippen LogP contribution in [0.1, 0.15) is 18.5 Å². The summed E-state index contributed by atoms with van der Waals surface area (Å²) in [6.07, 6.45) is 0.915. The maximum Gasteiger partial charge on any atom is 0.307 e. The second-order valence-electron chi connectivity index (χ2n) is 4.69. The zero-order chi connectivity index (χ0) is 15.4. The predicted octanol–water partition coefficient (Wildman–Crippen LogP) is 2.87. The van der Waals surface area contributed by atoms with E-state index in [1.54, 1.807) is 22.8 Å². The van der Waals surface area contributed by atoms with Gasteiger partial charge in [0.05, 0.1) is 10.7 Å². The third-order valence-corrected chi connectivity index (χ3v) is 4.22. The van der Waals surface area contributed by atoms with Crippen molar-refractivity contribution in [3.05, 3.63) is 44.0 Å². The van der Waals surface area contributed by atoms with Crippen molar-refractivity contribution in [3.8, 4) is 0 Å². The second-order valence-corrected chi connectivity index (χ2v) is 5.91. The minimum atomic E-state index is -0.136. The lowest BCUT2D eigenvalue weighted by molar-refractivity contribution is -0.116. The molecule has 1 heterocycles. The molecule has 7 heteroatoms. The van der Waals surface area contributed by atoms with Crippen molar-refractivity contribution >= 4 is 40.2 Å². The second kappa shape index (κ2) is 6.78. The van der Waals surface area contributed by atoms with Gasteiger partial charge in [0.25, 0.3) is 0 Å². The van der Waals surface area contributed by atoms with Gasteiger partial charge in [0.15, 0.2) is 0 Å². The number of carbonyl (C=O) groups is 1. The monoisotopic (exact) mass is 325 g/mol. The highest BCUT2D eigenvalue weighted by Crippen LogP contribution is 2.24. The Bertz CT molecular complexity index is 708. The van der Waals surface area contributed by atoms with Crippen molar-refractivity contribution in [2.75, 3.05) is 11.1 Å². The first kappa shape index (κ1) is 15.6. The number of hydrogen-bond acceptors (Lipinski definition) is 4. The highest BCUT2D eigenvalue weighted by Gasteiger charge is 2.07. The fourth-order valence-electron chi connectivity index (χ4n) is 1.92. The van der Waals surface area contributed by atoms with E-state index < -0.39 is 0 Å². The molecule has 2 rings (SSSR count). The molecule has 0 aliphatic rings. The van der Waals surface area contributed by atoms with Crippen LogP contribution in [0, 0.1) is 6.92 Å². The van der Waals surface area contributed by atoms with Crippen molar-refractivity contribution in [2.45, 2.75) is 26.3 Å². The number of nitrogen functional groups attached to an aromatic ring is 1. The summed E-state index contributed by atoms with van der Waals surface area (Å²) in [7, 11) is 0. The molecular formula is C14H16ClN3O2S. The molecule has 3 N–H and O–H groups in total. The van der Waals surface area contributed by atoms with Crippen LogP contribution >= 0.6 is 22.9 Å². The minimum absolute atomic E-state index is 0.00878. The number of amides is 1. The average Bonchev–Trinajstić information content (AvgIpc) is 2.74. The quantitative estimate of drug-likeness (QED) is 0.830. The number of hydrogen-bond donors (Lipinski definition) is 2. The van der Waals surface area contributed by atoms with Crippen molar-refractivity contribution in [1.29, 1.82) is 0 Å². The van der Waals surface area contributed by atoms with Crippen molar-refractivity contribution in [3.63, 3.8) is 0 Å². The van der Waals surface area contributed by atoms with Crippen molar-refractivity contribution in [2.24, 2.45) is 0 Å². The highest BCUT2D eigenvalue weighted by atomic mass is 35.5. The Balaban J connectivity index is 1.87. The number of anilines is 2. The summed E-state index contributed by atoms with van der Waals surface area (Å²) < 4.78 is 1.67. The Morgan fingerprint density at radius 2 is 2.24 bits per heavy atom. The molecule has 1 aromatic carbocycles. The van der Waals surface area contributed by atoms with Crippen LogP contribution < -0.4 is 15.9 Å². The Morgan fingerprint density at radius 1 is 1.48 bits per heavy atom. The number of thiazole rings is 1. The van der Waals surface area contributed by atoms with Gasteiger partial charge in [-0.25, -0.2) is 0 Å². The van der Waals surface area contributed by atoms with Gasteiger partial charge in [-0.3, -0.25) is 9.59 Å². The SMILES string of the molecule is Cc1csc(=O)n1CCCC(=O)Nc1ccc(N)cc1Cl. The van der Waals surface area contributed by atoms with E-state index in [9.17, 15) is 9.59 Å². The highest BCUT2D eigenvalue weighted by molar-refractivity contribution is 7.07. The number of aryl methyl sites for hydroxylation is 1. The van der Waals surface area contributed by atoms with Crippen LogP contribution in [0.5, 0.6) is 0 Å². The molecule has 0 radical (unpaired) electrons. The lowest BCUT2D eigenvalue weighted by Gasteiger charge is -2.08. The molecule has 0 spiro atoms. The van der Waals surface area contributed by atoms with Crippen LogP contribution in [0.4, 0.5) is 11.4 Å². The van der Waals surface area contributed by atoms with Crippen molar-refractivity contribution < 1.29 is 4.79 Å². The molecule has 2 aromatic rings. The molecule has 0 bridgehead atoms. The summed E-state index contributed by atoms with van der Waals surface area (Å²) in [6.45, 7) is 2.42. The first-order chi connectivity index (χ1) is 9.97. The van der Waals surface area contributed by atoms with Crippen LogP contribution in [-0.4, -0.2) is 10.5 Å². The molecule has 0 aliphatic heterocycles. The van der Waals surface area contributed by atoms with Gasteiger partial charge in [0.2, 0.25) is 5.91 Å². The van der Waals surface area contributed by atoms with Gasteiger partial charge in [-0.05, 0) is 31.5 Å². The average molecular weight is 326 g/mol. The lowest BCUT2D eigenvalue weighted by atomic mass is 10.2. The number of carbonyl (C=O) groups excluding carboxylic acids is 1. The maximum atomic E-state index is 11.9. The lowest BCUT2D eigenvalue weighted by Crippen LogP contribution is -2.17. The maximum absolute atomic E-state index is 11.9. The zero-order valence-electron chi connectivity index (χ0n) is 11.6. The normalized spacial score (nSPS) is 10.6. The third kappa shape index (κ3) is 4.09. The molecule has 0 unspecified atom stereocenters.